The van der Waals surface area contributed by atoms with Crippen molar-refractivity contribution in [2.24, 2.45) is 11.3 Å². The number of hydrogen-bond acceptors (Lipinski definition) is 5. The van der Waals surface area contributed by atoms with Gasteiger partial charge in [-0.1, -0.05) is 12.5 Å². The third-order valence-corrected chi connectivity index (χ3v) is 6.10. The predicted molar refractivity (Wildman–Crippen MR) is 89.8 cm³/mol. The molecule has 2 atom stereocenters. The van der Waals surface area contributed by atoms with Crippen LogP contribution in [0, 0.1) is 11.3 Å². The number of carboxylic acids is 1. The molecule has 0 radical (unpaired) electrons. The van der Waals surface area contributed by atoms with Crippen LogP contribution in [0.1, 0.15) is 25.0 Å². The first-order valence-corrected chi connectivity index (χ1v) is 9.11. The van der Waals surface area contributed by atoms with Crippen LogP contribution in [0.4, 0.5) is 0 Å². The minimum Gasteiger partial charge on any atom is -0.481 e. The molecular formula is C18H20N2O3S. The number of hydrogen-bond donors (Lipinski definition) is 1. The van der Waals surface area contributed by atoms with Crippen molar-refractivity contribution in [2.75, 3.05) is 13.1 Å². The number of aliphatic carboxylic acids is 1. The molecule has 2 aliphatic rings. The maximum absolute atomic E-state index is 11.7. The fourth-order valence-corrected chi connectivity index (χ4v) is 4.84. The summed E-state index contributed by atoms with van der Waals surface area (Å²) in [5.41, 5.74) is -0.530. The van der Waals surface area contributed by atoms with Crippen LogP contribution >= 0.6 is 11.8 Å². The summed E-state index contributed by atoms with van der Waals surface area (Å²) in [5.74, 6) is 0.541. The SMILES string of the molecule is O=C(O)[C@@]12CCC[C@H]1CN(Cc1ccc(Sc3ccccn3)o1)C2. The second-order valence-electron chi connectivity index (χ2n) is 6.71. The van der Waals surface area contributed by atoms with E-state index in [2.05, 4.69) is 9.88 Å². The summed E-state index contributed by atoms with van der Waals surface area (Å²) in [6.45, 7) is 2.17. The second kappa shape index (κ2) is 6.26. The number of rotatable bonds is 5. The van der Waals surface area contributed by atoms with E-state index in [9.17, 15) is 9.90 Å². The van der Waals surface area contributed by atoms with Crippen molar-refractivity contribution in [1.29, 1.82) is 0 Å². The van der Waals surface area contributed by atoms with Gasteiger partial charge in [-0.05, 0) is 54.8 Å². The Kier molecular flexibility index (Phi) is 4.10. The van der Waals surface area contributed by atoms with Gasteiger partial charge in [-0.15, -0.1) is 0 Å². The lowest BCUT2D eigenvalue weighted by molar-refractivity contribution is -0.149. The molecule has 2 aromatic heterocycles. The molecule has 0 spiro atoms. The highest BCUT2D eigenvalue weighted by atomic mass is 32.2. The summed E-state index contributed by atoms with van der Waals surface area (Å²) < 4.78 is 5.90. The van der Waals surface area contributed by atoms with Crippen LogP contribution in [0.5, 0.6) is 0 Å². The molecule has 0 unspecified atom stereocenters. The van der Waals surface area contributed by atoms with Crippen LogP contribution in [0.25, 0.3) is 0 Å². The van der Waals surface area contributed by atoms with E-state index in [1.54, 1.807) is 6.20 Å². The molecule has 1 N–H and O–H groups in total. The predicted octanol–water partition coefficient (Wildman–Crippen LogP) is 3.51. The smallest absolute Gasteiger partial charge is 0.311 e. The first-order valence-electron chi connectivity index (χ1n) is 8.29. The van der Waals surface area contributed by atoms with Gasteiger partial charge in [0.15, 0.2) is 5.09 Å². The lowest BCUT2D eigenvalue weighted by atomic mass is 9.81. The molecule has 6 heteroatoms. The third-order valence-electron chi connectivity index (χ3n) is 5.23. The number of carbonyl (C=O) groups is 1. The van der Waals surface area contributed by atoms with Crippen molar-refractivity contribution < 1.29 is 14.3 Å². The van der Waals surface area contributed by atoms with Gasteiger partial charge in [-0.3, -0.25) is 9.69 Å². The maximum Gasteiger partial charge on any atom is 0.311 e. The molecule has 1 saturated carbocycles. The Morgan fingerprint density at radius 3 is 3.08 bits per heavy atom. The molecule has 0 aromatic carbocycles. The first-order chi connectivity index (χ1) is 11.7. The molecule has 1 saturated heterocycles. The number of carboxylic acid groups (broad SMARTS) is 1. The number of nitrogens with zero attached hydrogens (tertiary/aromatic N) is 2. The van der Waals surface area contributed by atoms with E-state index in [0.717, 1.165) is 41.7 Å². The highest BCUT2D eigenvalue weighted by Gasteiger charge is 2.54. The fourth-order valence-electron chi connectivity index (χ4n) is 4.09. The first kappa shape index (κ1) is 15.7. The number of fused-ring (bicyclic) bond motifs is 1. The Morgan fingerprint density at radius 2 is 2.33 bits per heavy atom. The average Bonchev–Trinajstić information content (AvgIpc) is 3.23. The highest BCUT2D eigenvalue weighted by molar-refractivity contribution is 7.99. The topological polar surface area (TPSA) is 66.6 Å². The summed E-state index contributed by atoms with van der Waals surface area (Å²) in [5, 5.41) is 11.4. The monoisotopic (exact) mass is 344 g/mol. The van der Waals surface area contributed by atoms with Crippen molar-refractivity contribution in [2.45, 2.75) is 35.9 Å². The van der Waals surface area contributed by atoms with Gasteiger partial charge in [0, 0.05) is 19.3 Å². The highest BCUT2D eigenvalue weighted by Crippen LogP contribution is 2.49. The van der Waals surface area contributed by atoms with Crippen molar-refractivity contribution in [1.82, 2.24) is 9.88 Å². The zero-order valence-corrected chi connectivity index (χ0v) is 14.2. The summed E-state index contributed by atoms with van der Waals surface area (Å²) in [7, 11) is 0. The van der Waals surface area contributed by atoms with Gasteiger partial charge in [0.2, 0.25) is 0 Å². The summed E-state index contributed by atoms with van der Waals surface area (Å²) in [4.78, 5) is 18.3. The molecular weight excluding hydrogens is 324 g/mol. The number of aromatic nitrogens is 1. The molecule has 3 heterocycles. The van der Waals surface area contributed by atoms with Gasteiger partial charge in [0.1, 0.15) is 10.8 Å². The Balaban J connectivity index is 1.41. The largest absolute Gasteiger partial charge is 0.481 e. The lowest BCUT2D eigenvalue weighted by Crippen LogP contribution is -2.35. The van der Waals surface area contributed by atoms with Gasteiger partial charge in [0.05, 0.1) is 12.0 Å². The molecule has 1 aliphatic carbocycles. The van der Waals surface area contributed by atoms with Gasteiger partial charge in [0.25, 0.3) is 0 Å². The molecule has 5 nitrogen and oxygen atoms in total. The minimum atomic E-state index is -0.627. The zero-order valence-electron chi connectivity index (χ0n) is 13.4. The minimum absolute atomic E-state index is 0.285. The summed E-state index contributed by atoms with van der Waals surface area (Å²) in [6, 6.07) is 9.73. The standard InChI is InChI=1S/C18H20N2O3S/c21-17(22)18-8-3-4-13(18)10-20(12-18)11-14-6-7-16(23-14)24-15-5-1-2-9-19-15/h1-2,5-7,9,13H,3-4,8,10-12H2,(H,21,22)/t13-,18+/m0/s1. The van der Waals surface area contributed by atoms with E-state index in [0.29, 0.717) is 13.1 Å². The van der Waals surface area contributed by atoms with Crippen LogP contribution in [-0.2, 0) is 11.3 Å². The van der Waals surface area contributed by atoms with E-state index in [1.165, 1.54) is 11.8 Å². The van der Waals surface area contributed by atoms with Crippen LogP contribution < -0.4 is 0 Å². The van der Waals surface area contributed by atoms with Gasteiger partial charge in [-0.25, -0.2) is 4.98 Å². The molecule has 2 aromatic rings. The number of pyridine rings is 1. The molecule has 126 valence electrons. The number of likely N-dealkylation sites (tertiary alicyclic amines) is 1. The molecule has 0 amide bonds. The average molecular weight is 344 g/mol. The molecule has 0 bridgehead atoms. The van der Waals surface area contributed by atoms with E-state index >= 15 is 0 Å². The van der Waals surface area contributed by atoms with Crippen LogP contribution in [0.15, 0.2) is 51.1 Å². The van der Waals surface area contributed by atoms with E-state index < -0.39 is 11.4 Å². The van der Waals surface area contributed by atoms with E-state index in [4.69, 9.17) is 4.42 Å². The summed E-state index contributed by atoms with van der Waals surface area (Å²) in [6.07, 6.45) is 4.64. The second-order valence-corrected chi connectivity index (χ2v) is 7.74. The Morgan fingerprint density at radius 1 is 1.42 bits per heavy atom. The van der Waals surface area contributed by atoms with Crippen molar-refractivity contribution in [3.8, 4) is 0 Å². The molecule has 2 fully saturated rings. The Bertz CT molecular complexity index is 733. The van der Waals surface area contributed by atoms with Crippen molar-refractivity contribution >= 4 is 17.7 Å². The molecule has 1 aliphatic heterocycles. The van der Waals surface area contributed by atoms with E-state index in [1.807, 2.05) is 30.3 Å². The zero-order chi connectivity index (χ0) is 16.6. The van der Waals surface area contributed by atoms with Crippen LogP contribution in [-0.4, -0.2) is 34.0 Å². The lowest BCUT2D eigenvalue weighted by Gasteiger charge is -2.23. The maximum atomic E-state index is 11.7. The van der Waals surface area contributed by atoms with Gasteiger partial charge >= 0.3 is 5.97 Å². The van der Waals surface area contributed by atoms with E-state index in [-0.39, 0.29) is 5.92 Å². The van der Waals surface area contributed by atoms with Crippen molar-refractivity contribution in [3.05, 3.63) is 42.3 Å². The molecule has 4 rings (SSSR count). The number of furan rings is 1. The van der Waals surface area contributed by atoms with Crippen LogP contribution in [0.3, 0.4) is 0 Å². The quantitative estimate of drug-likeness (QED) is 0.895. The van der Waals surface area contributed by atoms with Gasteiger partial charge < -0.3 is 9.52 Å². The fraction of sp³-hybridized carbons (Fsp3) is 0.444. The van der Waals surface area contributed by atoms with Gasteiger partial charge in [-0.2, -0.15) is 0 Å². The third kappa shape index (κ3) is 2.84. The van der Waals surface area contributed by atoms with Crippen molar-refractivity contribution in [3.63, 3.8) is 0 Å². The molecule has 24 heavy (non-hydrogen) atoms. The normalized spacial score (nSPS) is 26.6. The Hall–Kier alpha value is -1.79. The summed E-state index contributed by atoms with van der Waals surface area (Å²) >= 11 is 1.50. The van der Waals surface area contributed by atoms with Crippen LogP contribution in [0.2, 0.25) is 0 Å². The Labute approximate surface area is 145 Å².